The number of likely N-dealkylation sites (tertiary alicyclic amines) is 1. The number of nitrogens with zero attached hydrogens (tertiary/aromatic N) is 1. The zero-order valence-electron chi connectivity index (χ0n) is 11.9. The van der Waals surface area contributed by atoms with Crippen LogP contribution in [0.1, 0.15) is 36.0 Å². The van der Waals surface area contributed by atoms with Crippen molar-refractivity contribution in [3.05, 3.63) is 27.7 Å². The zero-order valence-corrected chi connectivity index (χ0v) is 13.5. The summed E-state index contributed by atoms with van der Waals surface area (Å²) in [6.07, 6.45) is 3.58. The molecular weight excluding hydrogens is 313 g/mol. The molecule has 6 heteroatoms. The number of rotatable bonds is 4. The van der Waals surface area contributed by atoms with Gasteiger partial charge in [-0.2, -0.15) is 0 Å². The molecule has 116 valence electrons. The van der Waals surface area contributed by atoms with Crippen molar-refractivity contribution in [2.45, 2.75) is 31.7 Å². The van der Waals surface area contributed by atoms with E-state index in [2.05, 4.69) is 0 Å². The predicted molar refractivity (Wildman–Crippen MR) is 83.4 cm³/mol. The van der Waals surface area contributed by atoms with Gasteiger partial charge in [-0.3, -0.25) is 4.79 Å². The van der Waals surface area contributed by atoms with Gasteiger partial charge in [0.2, 0.25) is 0 Å². The molecule has 0 aliphatic carbocycles. The number of methoxy groups -OCH3 is 1. The minimum absolute atomic E-state index is 0.0795. The van der Waals surface area contributed by atoms with Gasteiger partial charge in [0.1, 0.15) is 0 Å². The third-order valence-corrected chi connectivity index (χ3v) is 4.36. The van der Waals surface area contributed by atoms with Crippen LogP contribution in [0.4, 0.5) is 0 Å². The molecule has 1 fully saturated rings. The number of piperidine rings is 1. The Morgan fingerprint density at radius 2 is 2.05 bits per heavy atom. The van der Waals surface area contributed by atoms with E-state index in [1.807, 2.05) is 4.90 Å². The Kier molecular flexibility index (Phi) is 5.73. The van der Waals surface area contributed by atoms with E-state index in [4.69, 9.17) is 33.0 Å². The van der Waals surface area contributed by atoms with E-state index in [0.717, 1.165) is 19.3 Å². The van der Waals surface area contributed by atoms with E-state index in [1.54, 1.807) is 12.1 Å². The van der Waals surface area contributed by atoms with Crippen LogP contribution in [0, 0.1) is 0 Å². The third kappa shape index (κ3) is 3.62. The minimum Gasteiger partial charge on any atom is -0.494 e. The number of aliphatic hydroxyl groups excluding tert-OH is 1. The summed E-state index contributed by atoms with van der Waals surface area (Å²) in [5.74, 6) is 0.278. The van der Waals surface area contributed by atoms with Crippen molar-refractivity contribution in [3.63, 3.8) is 0 Å². The van der Waals surface area contributed by atoms with Crippen LogP contribution in [-0.2, 0) is 0 Å². The van der Waals surface area contributed by atoms with Crippen LogP contribution in [0.25, 0.3) is 0 Å². The van der Waals surface area contributed by atoms with Crippen molar-refractivity contribution in [3.8, 4) is 5.75 Å². The minimum atomic E-state index is -0.0976. The summed E-state index contributed by atoms with van der Waals surface area (Å²) in [5, 5.41) is 9.79. The molecule has 1 heterocycles. The Bertz CT molecular complexity index is 497. The Morgan fingerprint density at radius 3 is 2.62 bits per heavy atom. The normalized spacial score (nSPS) is 18.7. The maximum atomic E-state index is 12.7. The molecule has 1 amide bonds. The highest BCUT2D eigenvalue weighted by atomic mass is 35.5. The van der Waals surface area contributed by atoms with Gasteiger partial charge in [-0.05, 0) is 37.8 Å². The van der Waals surface area contributed by atoms with Crippen LogP contribution < -0.4 is 4.74 Å². The van der Waals surface area contributed by atoms with Crippen LogP contribution in [0.2, 0.25) is 10.0 Å². The summed E-state index contributed by atoms with van der Waals surface area (Å²) in [7, 11) is 1.48. The second kappa shape index (κ2) is 7.34. The number of carbonyl (C=O) groups is 1. The molecule has 0 bridgehead atoms. The van der Waals surface area contributed by atoms with Crippen molar-refractivity contribution < 1.29 is 14.6 Å². The molecule has 2 rings (SSSR count). The van der Waals surface area contributed by atoms with Gasteiger partial charge in [-0.1, -0.05) is 23.2 Å². The summed E-state index contributed by atoms with van der Waals surface area (Å²) in [6, 6.07) is 3.24. The molecule has 0 radical (unpaired) electrons. The van der Waals surface area contributed by atoms with Crippen molar-refractivity contribution >= 4 is 29.1 Å². The third-order valence-electron chi connectivity index (χ3n) is 3.80. The molecule has 1 aromatic carbocycles. The SMILES string of the molecule is COc1c(Cl)cc(C(=O)N2CCCCC2CCO)cc1Cl. The van der Waals surface area contributed by atoms with Gasteiger partial charge < -0.3 is 14.7 Å². The van der Waals surface area contributed by atoms with E-state index in [-0.39, 0.29) is 18.6 Å². The summed E-state index contributed by atoms with van der Waals surface area (Å²) >= 11 is 12.2. The number of amides is 1. The van der Waals surface area contributed by atoms with Gasteiger partial charge >= 0.3 is 0 Å². The Hall–Kier alpha value is -0.970. The van der Waals surface area contributed by atoms with E-state index in [9.17, 15) is 4.79 Å². The maximum absolute atomic E-state index is 12.7. The first kappa shape index (κ1) is 16.4. The lowest BCUT2D eigenvalue weighted by atomic mass is 9.98. The average molecular weight is 332 g/mol. The number of hydrogen-bond donors (Lipinski definition) is 1. The van der Waals surface area contributed by atoms with Crippen molar-refractivity contribution in [1.29, 1.82) is 0 Å². The average Bonchev–Trinajstić information content (AvgIpc) is 2.47. The molecule has 1 saturated heterocycles. The molecule has 1 aliphatic rings. The molecule has 1 unspecified atom stereocenters. The number of halogens is 2. The Balaban J connectivity index is 2.26. The molecular formula is C15H19Cl2NO3. The van der Waals surface area contributed by atoms with Gasteiger partial charge in [0, 0.05) is 24.8 Å². The van der Waals surface area contributed by atoms with Gasteiger partial charge in [0.15, 0.2) is 5.75 Å². The lowest BCUT2D eigenvalue weighted by Crippen LogP contribution is -2.44. The first-order valence-corrected chi connectivity index (χ1v) is 7.79. The summed E-state index contributed by atoms with van der Waals surface area (Å²) in [6.45, 7) is 0.781. The van der Waals surface area contributed by atoms with Crippen LogP contribution in [0.5, 0.6) is 5.75 Å². The highest BCUT2D eigenvalue weighted by Gasteiger charge is 2.27. The molecule has 0 saturated carbocycles. The smallest absolute Gasteiger partial charge is 0.254 e. The zero-order chi connectivity index (χ0) is 15.4. The number of aliphatic hydroxyl groups is 1. The largest absolute Gasteiger partial charge is 0.494 e. The van der Waals surface area contributed by atoms with E-state index in [0.29, 0.717) is 34.3 Å². The van der Waals surface area contributed by atoms with Gasteiger partial charge in [0.05, 0.1) is 17.2 Å². The fourth-order valence-corrected chi connectivity index (χ4v) is 3.40. The predicted octanol–water partition coefficient (Wildman–Crippen LogP) is 3.38. The number of ether oxygens (including phenoxy) is 1. The molecule has 0 spiro atoms. The fourth-order valence-electron chi connectivity index (χ4n) is 2.76. The first-order valence-electron chi connectivity index (χ1n) is 7.03. The fraction of sp³-hybridized carbons (Fsp3) is 0.533. The first-order chi connectivity index (χ1) is 10.1. The standard InChI is InChI=1S/C15H19Cl2NO3/c1-21-14-12(16)8-10(9-13(14)17)15(20)18-6-3-2-4-11(18)5-7-19/h8-9,11,19H,2-7H2,1H3. The summed E-state index contributed by atoms with van der Waals surface area (Å²) < 4.78 is 5.09. The van der Waals surface area contributed by atoms with Crippen molar-refractivity contribution in [1.82, 2.24) is 4.90 Å². The number of benzene rings is 1. The van der Waals surface area contributed by atoms with Crippen LogP contribution in [-0.4, -0.2) is 42.2 Å². The molecule has 1 aromatic rings. The molecule has 4 nitrogen and oxygen atoms in total. The Morgan fingerprint density at radius 1 is 1.38 bits per heavy atom. The Labute approximate surface area is 134 Å². The second-order valence-electron chi connectivity index (χ2n) is 5.13. The van der Waals surface area contributed by atoms with Crippen molar-refractivity contribution in [2.24, 2.45) is 0 Å². The van der Waals surface area contributed by atoms with Gasteiger partial charge in [0.25, 0.3) is 5.91 Å². The second-order valence-corrected chi connectivity index (χ2v) is 5.95. The molecule has 0 aromatic heterocycles. The van der Waals surface area contributed by atoms with Gasteiger partial charge in [-0.25, -0.2) is 0 Å². The summed E-state index contributed by atoms with van der Waals surface area (Å²) in [4.78, 5) is 14.5. The quantitative estimate of drug-likeness (QED) is 0.920. The molecule has 21 heavy (non-hydrogen) atoms. The molecule has 1 atom stereocenters. The lowest BCUT2D eigenvalue weighted by molar-refractivity contribution is 0.0574. The molecule has 1 aliphatic heterocycles. The highest BCUT2D eigenvalue weighted by molar-refractivity contribution is 6.37. The topological polar surface area (TPSA) is 49.8 Å². The maximum Gasteiger partial charge on any atom is 0.254 e. The van der Waals surface area contributed by atoms with Crippen LogP contribution in [0.3, 0.4) is 0 Å². The van der Waals surface area contributed by atoms with Crippen molar-refractivity contribution in [2.75, 3.05) is 20.3 Å². The number of carbonyl (C=O) groups excluding carboxylic acids is 1. The van der Waals surface area contributed by atoms with E-state index < -0.39 is 0 Å². The van der Waals surface area contributed by atoms with Crippen LogP contribution in [0.15, 0.2) is 12.1 Å². The van der Waals surface area contributed by atoms with Gasteiger partial charge in [-0.15, -0.1) is 0 Å². The van der Waals surface area contributed by atoms with Crippen LogP contribution >= 0.6 is 23.2 Å². The highest BCUT2D eigenvalue weighted by Crippen LogP contribution is 2.34. The lowest BCUT2D eigenvalue weighted by Gasteiger charge is -2.35. The number of hydrogen-bond acceptors (Lipinski definition) is 3. The molecule has 1 N–H and O–H groups in total. The van der Waals surface area contributed by atoms with E-state index >= 15 is 0 Å². The summed E-state index contributed by atoms with van der Waals surface area (Å²) in [5.41, 5.74) is 0.454. The monoisotopic (exact) mass is 331 g/mol. The van der Waals surface area contributed by atoms with E-state index in [1.165, 1.54) is 7.11 Å².